The van der Waals surface area contributed by atoms with Crippen molar-refractivity contribution >= 4 is 11.5 Å². The summed E-state index contributed by atoms with van der Waals surface area (Å²) in [5, 5.41) is 14.1. The van der Waals surface area contributed by atoms with Crippen LogP contribution in [0.1, 0.15) is 5.56 Å². The highest BCUT2D eigenvalue weighted by Gasteiger charge is 2.22. The molecule has 1 aromatic rings. The molecule has 1 aliphatic rings. The molecule has 0 aromatic carbocycles. The lowest BCUT2D eigenvalue weighted by Gasteiger charge is -2.37. The number of likely N-dealkylation sites (N-methyl/N-ethyl adjacent to an activating group) is 2. The van der Waals surface area contributed by atoms with Gasteiger partial charge in [-0.05, 0) is 21.0 Å². The third-order valence-corrected chi connectivity index (χ3v) is 3.77. The van der Waals surface area contributed by atoms with Gasteiger partial charge in [-0.25, -0.2) is 4.98 Å². The van der Waals surface area contributed by atoms with Crippen molar-refractivity contribution in [3.05, 3.63) is 27.9 Å². The van der Waals surface area contributed by atoms with Crippen LogP contribution in [0.4, 0.5) is 11.5 Å². The zero-order valence-electron chi connectivity index (χ0n) is 12.2. The molecule has 20 heavy (non-hydrogen) atoms. The summed E-state index contributed by atoms with van der Waals surface area (Å²) in [5.74, 6) is 0.559. The molecular formula is C13H21N5O2. The van der Waals surface area contributed by atoms with E-state index in [4.69, 9.17) is 0 Å². The normalized spacial score (nSPS) is 20.9. The Bertz CT molecular complexity index is 494. The molecule has 0 spiro atoms. The molecule has 1 aromatic heterocycles. The predicted molar refractivity (Wildman–Crippen MR) is 78.0 cm³/mol. The number of aryl methyl sites for hydroxylation is 1. The Hall–Kier alpha value is -1.73. The van der Waals surface area contributed by atoms with Crippen molar-refractivity contribution in [3.8, 4) is 0 Å². The predicted octanol–water partition coefficient (Wildman–Crippen LogP) is 0.956. The molecule has 0 bridgehead atoms. The summed E-state index contributed by atoms with van der Waals surface area (Å²) >= 11 is 0. The van der Waals surface area contributed by atoms with Gasteiger partial charge in [0.15, 0.2) is 0 Å². The number of nitrogens with one attached hydrogen (secondary N) is 1. The monoisotopic (exact) mass is 279 g/mol. The first-order valence-electron chi connectivity index (χ1n) is 6.71. The summed E-state index contributed by atoms with van der Waals surface area (Å²) in [6.07, 6.45) is 1.54. The fourth-order valence-corrected chi connectivity index (χ4v) is 2.35. The van der Waals surface area contributed by atoms with Gasteiger partial charge in [0.05, 0.1) is 11.0 Å². The van der Waals surface area contributed by atoms with Crippen LogP contribution in [0.2, 0.25) is 0 Å². The molecule has 0 aliphatic carbocycles. The van der Waals surface area contributed by atoms with Gasteiger partial charge in [0.25, 0.3) is 5.69 Å². The van der Waals surface area contributed by atoms with E-state index in [-0.39, 0.29) is 10.6 Å². The molecule has 1 unspecified atom stereocenters. The van der Waals surface area contributed by atoms with Crippen LogP contribution >= 0.6 is 0 Å². The third-order valence-electron chi connectivity index (χ3n) is 3.77. The fourth-order valence-electron chi connectivity index (χ4n) is 2.35. The Morgan fingerprint density at radius 1 is 1.50 bits per heavy atom. The van der Waals surface area contributed by atoms with Gasteiger partial charge in [-0.3, -0.25) is 15.0 Å². The summed E-state index contributed by atoms with van der Waals surface area (Å²) < 4.78 is 0. The molecule has 0 radical (unpaired) electrons. The van der Waals surface area contributed by atoms with E-state index in [0.717, 1.165) is 26.2 Å². The van der Waals surface area contributed by atoms with Crippen LogP contribution in [0, 0.1) is 17.0 Å². The quantitative estimate of drug-likeness (QED) is 0.653. The molecule has 1 N–H and O–H groups in total. The van der Waals surface area contributed by atoms with E-state index < -0.39 is 0 Å². The largest absolute Gasteiger partial charge is 0.368 e. The zero-order valence-corrected chi connectivity index (χ0v) is 12.2. The number of aromatic nitrogens is 1. The number of piperazine rings is 1. The van der Waals surface area contributed by atoms with E-state index in [1.54, 1.807) is 6.92 Å². The number of rotatable bonds is 4. The molecule has 110 valence electrons. The summed E-state index contributed by atoms with van der Waals surface area (Å²) in [6, 6.07) is 1.89. The van der Waals surface area contributed by atoms with Crippen LogP contribution < -0.4 is 5.32 Å². The third kappa shape index (κ3) is 3.43. The molecule has 0 amide bonds. The number of pyridine rings is 1. The highest BCUT2D eigenvalue weighted by Crippen LogP contribution is 2.20. The van der Waals surface area contributed by atoms with E-state index >= 15 is 0 Å². The molecular weight excluding hydrogens is 258 g/mol. The molecule has 1 fully saturated rings. The minimum atomic E-state index is -0.372. The van der Waals surface area contributed by atoms with Crippen LogP contribution in [0.15, 0.2) is 12.3 Å². The van der Waals surface area contributed by atoms with E-state index in [1.807, 2.05) is 0 Å². The Labute approximate surface area is 118 Å². The van der Waals surface area contributed by atoms with Crippen molar-refractivity contribution in [1.82, 2.24) is 14.8 Å². The van der Waals surface area contributed by atoms with Crippen molar-refractivity contribution in [3.63, 3.8) is 0 Å². The van der Waals surface area contributed by atoms with Crippen LogP contribution in [0.3, 0.4) is 0 Å². The topological polar surface area (TPSA) is 74.5 Å². The minimum Gasteiger partial charge on any atom is -0.368 e. The first-order chi connectivity index (χ1) is 9.47. The van der Waals surface area contributed by atoms with Gasteiger partial charge in [-0.15, -0.1) is 0 Å². The van der Waals surface area contributed by atoms with Crippen molar-refractivity contribution in [2.24, 2.45) is 0 Å². The van der Waals surface area contributed by atoms with Crippen LogP contribution in [-0.2, 0) is 0 Å². The number of hydrogen-bond acceptors (Lipinski definition) is 6. The van der Waals surface area contributed by atoms with E-state index in [0.29, 0.717) is 17.4 Å². The maximum Gasteiger partial charge on any atom is 0.277 e. The Kier molecular flexibility index (Phi) is 4.51. The van der Waals surface area contributed by atoms with Gasteiger partial charge in [0, 0.05) is 44.0 Å². The minimum absolute atomic E-state index is 0.108. The smallest absolute Gasteiger partial charge is 0.277 e. The van der Waals surface area contributed by atoms with E-state index in [2.05, 4.69) is 34.2 Å². The highest BCUT2D eigenvalue weighted by molar-refractivity contribution is 5.48. The maximum atomic E-state index is 10.9. The van der Waals surface area contributed by atoms with Gasteiger partial charge in [-0.1, -0.05) is 0 Å². The Morgan fingerprint density at radius 2 is 2.25 bits per heavy atom. The lowest BCUT2D eigenvalue weighted by molar-refractivity contribution is -0.385. The second-order valence-corrected chi connectivity index (χ2v) is 5.39. The second kappa shape index (κ2) is 6.15. The molecule has 2 heterocycles. The molecule has 1 saturated heterocycles. The van der Waals surface area contributed by atoms with Gasteiger partial charge < -0.3 is 10.2 Å². The molecule has 7 heteroatoms. The first kappa shape index (κ1) is 14.7. The standard InChI is InChI=1S/C13H21N5O2/c1-10-7-14-13(6-12(10)18(19)20)15-8-11-9-16(2)4-5-17(11)3/h6-7,11H,4-5,8-9H2,1-3H3,(H,14,15). The lowest BCUT2D eigenvalue weighted by Crippen LogP contribution is -2.52. The fraction of sp³-hybridized carbons (Fsp3) is 0.615. The highest BCUT2D eigenvalue weighted by atomic mass is 16.6. The van der Waals surface area contributed by atoms with Gasteiger partial charge in [0.1, 0.15) is 5.82 Å². The summed E-state index contributed by atoms with van der Waals surface area (Å²) in [7, 11) is 4.21. The summed E-state index contributed by atoms with van der Waals surface area (Å²) in [5.41, 5.74) is 0.687. The molecule has 7 nitrogen and oxygen atoms in total. The average Bonchev–Trinajstić information content (AvgIpc) is 2.41. The summed E-state index contributed by atoms with van der Waals surface area (Å²) in [4.78, 5) is 19.3. The van der Waals surface area contributed by atoms with Crippen LogP contribution in [-0.4, -0.2) is 66.0 Å². The zero-order chi connectivity index (χ0) is 14.7. The van der Waals surface area contributed by atoms with Gasteiger partial charge in [0.2, 0.25) is 0 Å². The second-order valence-electron chi connectivity index (χ2n) is 5.39. The van der Waals surface area contributed by atoms with Crippen molar-refractivity contribution in [2.75, 3.05) is 45.6 Å². The number of anilines is 1. The van der Waals surface area contributed by atoms with Crippen molar-refractivity contribution < 1.29 is 4.92 Å². The van der Waals surface area contributed by atoms with E-state index in [9.17, 15) is 10.1 Å². The van der Waals surface area contributed by atoms with Crippen molar-refractivity contribution in [1.29, 1.82) is 0 Å². The number of nitrogens with zero attached hydrogens (tertiary/aromatic N) is 4. The van der Waals surface area contributed by atoms with Crippen LogP contribution in [0.5, 0.6) is 0 Å². The number of hydrogen-bond donors (Lipinski definition) is 1. The molecule has 1 aliphatic heterocycles. The SMILES string of the molecule is Cc1cnc(NCC2CN(C)CCN2C)cc1[N+](=O)[O-]. The molecule has 1 atom stereocenters. The molecule has 0 saturated carbocycles. The first-order valence-corrected chi connectivity index (χ1v) is 6.71. The lowest BCUT2D eigenvalue weighted by atomic mass is 10.2. The average molecular weight is 279 g/mol. The van der Waals surface area contributed by atoms with Gasteiger partial charge in [-0.2, -0.15) is 0 Å². The molecule has 2 rings (SSSR count). The Morgan fingerprint density at radius 3 is 2.95 bits per heavy atom. The van der Waals surface area contributed by atoms with Gasteiger partial charge >= 0.3 is 0 Å². The Balaban J connectivity index is 2.00. The summed E-state index contributed by atoms with van der Waals surface area (Å²) in [6.45, 7) is 5.51. The number of nitro groups is 1. The van der Waals surface area contributed by atoms with Crippen molar-refractivity contribution in [2.45, 2.75) is 13.0 Å². The van der Waals surface area contributed by atoms with Crippen LogP contribution in [0.25, 0.3) is 0 Å². The van der Waals surface area contributed by atoms with E-state index in [1.165, 1.54) is 12.3 Å². The maximum absolute atomic E-state index is 10.9.